The van der Waals surface area contributed by atoms with E-state index in [-0.39, 0.29) is 0 Å². The average molecular weight is 203 g/mol. The maximum absolute atomic E-state index is 5.48. The topological polar surface area (TPSA) is 35.2 Å². The van der Waals surface area contributed by atoms with Gasteiger partial charge in [-0.15, -0.1) is 0 Å². The molecule has 2 heteroatoms. The van der Waals surface area contributed by atoms with Crippen molar-refractivity contribution in [2.24, 2.45) is 5.73 Å². The second-order valence-electron chi connectivity index (χ2n) is 3.45. The van der Waals surface area contributed by atoms with E-state index >= 15 is 0 Å². The van der Waals surface area contributed by atoms with E-state index in [2.05, 4.69) is 6.58 Å². The highest BCUT2D eigenvalue weighted by atomic mass is 16.5. The van der Waals surface area contributed by atoms with Crippen molar-refractivity contribution in [1.82, 2.24) is 0 Å². The summed E-state index contributed by atoms with van der Waals surface area (Å²) in [6, 6.07) is 7.89. The third-order valence-corrected chi connectivity index (χ3v) is 1.81. The molecule has 1 aromatic rings. The van der Waals surface area contributed by atoms with E-state index < -0.39 is 0 Å². The van der Waals surface area contributed by atoms with Crippen LogP contribution in [0.25, 0.3) is 6.08 Å². The van der Waals surface area contributed by atoms with Crippen molar-refractivity contribution in [2.45, 2.75) is 6.92 Å². The van der Waals surface area contributed by atoms with Gasteiger partial charge in [-0.1, -0.05) is 30.9 Å². The number of ether oxygens (including phenoxy) is 1. The molecule has 0 radical (unpaired) electrons. The summed E-state index contributed by atoms with van der Waals surface area (Å²) in [6.45, 7) is 6.85. The van der Waals surface area contributed by atoms with Crippen molar-refractivity contribution in [3.8, 4) is 5.75 Å². The summed E-state index contributed by atoms with van der Waals surface area (Å²) in [6.07, 6.45) is 3.91. The summed E-state index contributed by atoms with van der Waals surface area (Å²) in [5.74, 6) is 0.864. The smallest absolute Gasteiger partial charge is 0.119 e. The minimum atomic E-state index is 0.563. The first-order valence-electron chi connectivity index (χ1n) is 4.96. The molecule has 0 heterocycles. The molecule has 0 saturated heterocycles. The Hall–Kier alpha value is -1.54. The van der Waals surface area contributed by atoms with E-state index in [1.807, 2.05) is 43.3 Å². The molecule has 0 aliphatic carbocycles. The van der Waals surface area contributed by atoms with Crippen LogP contribution in [0.5, 0.6) is 5.75 Å². The highest BCUT2D eigenvalue weighted by Gasteiger charge is 1.93. The normalized spacial score (nSPS) is 10.5. The largest absolute Gasteiger partial charge is 0.489 e. The van der Waals surface area contributed by atoms with Gasteiger partial charge in [0.05, 0.1) is 0 Å². The van der Waals surface area contributed by atoms with Gasteiger partial charge in [-0.25, -0.2) is 0 Å². The van der Waals surface area contributed by atoms with Gasteiger partial charge in [0, 0.05) is 6.54 Å². The predicted octanol–water partition coefficient (Wildman–Crippen LogP) is 2.61. The molecular weight excluding hydrogens is 186 g/mol. The van der Waals surface area contributed by atoms with Gasteiger partial charge < -0.3 is 10.5 Å². The number of benzene rings is 1. The Bertz CT molecular complexity index is 338. The molecule has 0 bridgehead atoms. The van der Waals surface area contributed by atoms with Crippen molar-refractivity contribution >= 4 is 6.08 Å². The van der Waals surface area contributed by atoms with E-state index in [0.29, 0.717) is 13.2 Å². The molecule has 0 fully saturated rings. The Morgan fingerprint density at radius 2 is 2.07 bits per heavy atom. The van der Waals surface area contributed by atoms with Gasteiger partial charge in [-0.05, 0) is 30.2 Å². The lowest BCUT2D eigenvalue weighted by Gasteiger charge is -2.05. The summed E-state index contributed by atoms with van der Waals surface area (Å²) < 4.78 is 5.48. The van der Waals surface area contributed by atoms with E-state index in [0.717, 1.165) is 16.9 Å². The first-order valence-corrected chi connectivity index (χ1v) is 4.96. The van der Waals surface area contributed by atoms with Gasteiger partial charge in [0.2, 0.25) is 0 Å². The molecule has 0 spiro atoms. The number of hydrogen-bond donors (Lipinski definition) is 1. The van der Waals surface area contributed by atoms with Crippen LogP contribution in [0.15, 0.2) is 42.5 Å². The first kappa shape index (κ1) is 11.5. The van der Waals surface area contributed by atoms with Crippen molar-refractivity contribution in [3.63, 3.8) is 0 Å². The zero-order valence-electron chi connectivity index (χ0n) is 9.07. The average Bonchev–Trinajstić information content (AvgIpc) is 2.25. The van der Waals surface area contributed by atoms with Crippen LogP contribution in [0.2, 0.25) is 0 Å². The zero-order valence-corrected chi connectivity index (χ0v) is 9.07. The summed E-state index contributed by atoms with van der Waals surface area (Å²) in [4.78, 5) is 0. The van der Waals surface area contributed by atoms with Gasteiger partial charge in [-0.3, -0.25) is 0 Å². The molecule has 0 amide bonds. The van der Waals surface area contributed by atoms with Crippen LogP contribution in [0.3, 0.4) is 0 Å². The van der Waals surface area contributed by atoms with Gasteiger partial charge in [0.1, 0.15) is 12.4 Å². The molecule has 15 heavy (non-hydrogen) atoms. The maximum Gasteiger partial charge on any atom is 0.119 e. The summed E-state index contributed by atoms with van der Waals surface area (Å²) >= 11 is 0. The zero-order chi connectivity index (χ0) is 11.1. The van der Waals surface area contributed by atoms with Crippen LogP contribution < -0.4 is 10.5 Å². The lowest BCUT2D eigenvalue weighted by molar-refractivity contribution is 0.352. The van der Waals surface area contributed by atoms with Crippen molar-refractivity contribution in [1.29, 1.82) is 0 Å². The number of rotatable bonds is 5. The Kier molecular flexibility index (Phi) is 4.64. The third-order valence-electron chi connectivity index (χ3n) is 1.81. The van der Waals surface area contributed by atoms with Crippen LogP contribution in [0, 0.1) is 0 Å². The molecule has 80 valence electrons. The monoisotopic (exact) mass is 203 g/mol. The number of hydrogen-bond acceptors (Lipinski definition) is 2. The molecule has 0 aliphatic heterocycles. The third kappa shape index (κ3) is 4.47. The second-order valence-corrected chi connectivity index (χ2v) is 3.45. The van der Waals surface area contributed by atoms with E-state index in [4.69, 9.17) is 10.5 Å². The lowest BCUT2D eigenvalue weighted by atomic mass is 10.2. The molecule has 0 aromatic heterocycles. The second kappa shape index (κ2) is 6.04. The molecule has 1 rings (SSSR count). The molecule has 1 aromatic carbocycles. The van der Waals surface area contributed by atoms with E-state index in [1.165, 1.54) is 0 Å². The van der Waals surface area contributed by atoms with Crippen LogP contribution in [-0.4, -0.2) is 13.2 Å². The summed E-state index contributed by atoms with van der Waals surface area (Å²) in [5.41, 5.74) is 7.51. The fraction of sp³-hybridized carbons (Fsp3) is 0.231. The number of nitrogens with two attached hydrogens (primary N) is 1. The fourth-order valence-electron chi connectivity index (χ4n) is 1.09. The minimum absolute atomic E-state index is 0.563. The van der Waals surface area contributed by atoms with Crippen LogP contribution >= 0.6 is 0 Å². The standard InChI is InChI=1S/C13H17NO/c1-11(2)10-15-13-7-5-12(6-8-13)4-3-9-14/h3-8H,1,9-10,14H2,2H3/b4-3+. The molecule has 2 N–H and O–H groups in total. The van der Waals surface area contributed by atoms with Crippen LogP contribution in [0.4, 0.5) is 0 Å². The molecule has 0 atom stereocenters. The Morgan fingerprint density at radius 3 is 2.60 bits per heavy atom. The quantitative estimate of drug-likeness (QED) is 0.746. The van der Waals surface area contributed by atoms with Gasteiger partial charge >= 0.3 is 0 Å². The first-order chi connectivity index (χ1) is 7.22. The molecule has 0 aliphatic rings. The maximum atomic E-state index is 5.48. The lowest BCUT2D eigenvalue weighted by Crippen LogP contribution is -1.97. The van der Waals surface area contributed by atoms with Crippen molar-refractivity contribution in [2.75, 3.05) is 13.2 Å². The van der Waals surface area contributed by atoms with Gasteiger partial charge in [0.25, 0.3) is 0 Å². The summed E-state index contributed by atoms with van der Waals surface area (Å²) in [5, 5.41) is 0. The van der Waals surface area contributed by atoms with E-state index in [9.17, 15) is 0 Å². The Labute approximate surface area is 91.1 Å². The SMILES string of the molecule is C=C(C)COc1ccc(/C=C/CN)cc1. The fourth-order valence-corrected chi connectivity index (χ4v) is 1.09. The Morgan fingerprint density at radius 1 is 1.40 bits per heavy atom. The van der Waals surface area contributed by atoms with Crippen LogP contribution in [-0.2, 0) is 0 Å². The van der Waals surface area contributed by atoms with E-state index in [1.54, 1.807) is 0 Å². The molecular formula is C13H17NO. The molecule has 2 nitrogen and oxygen atoms in total. The van der Waals surface area contributed by atoms with Gasteiger partial charge in [0.15, 0.2) is 0 Å². The van der Waals surface area contributed by atoms with Gasteiger partial charge in [-0.2, -0.15) is 0 Å². The van der Waals surface area contributed by atoms with Crippen molar-refractivity contribution in [3.05, 3.63) is 48.1 Å². The van der Waals surface area contributed by atoms with Crippen molar-refractivity contribution < 1.29 is 4.74 Å². The predicted molar refractivity (Wildman–Crippen MR) is 64.8 cm³/mol. The highest BCUT2D eigenvalue weighted by molar-refractivity contribution is 5.50. The Balaban J connectivity index is 2.56. The van der Waals surface area contributed by atoms with Crippen LogP contribution in [0.1, 0.15) is 12.5 Å². The molecule has 0 saturated carbocycles. The summed E-state index contributed by atoms with van der Waals surface area (Å²) in [7, 11) is 0. The molecule has 0 unspecified atom stereocenters. The highest BCUT2D eigenvalue weighted by Crippen LogP contribution is 2.13. The minimum Gasteiger partial charge on any atom is -0.489 e.